The van der Waals surface area contributed by atoms with Gasteiger partial charge in [-0.25, -0.2) is 0 Å². The van der Waals surface area contributed by atoms with Gasteiger partial charge in [0.1, 0.15) is 6.29 Å². The van der Waals surface area contributed by atoms with Gasteiger partial charge in [0, 0.05) is 0 Å². The Balaban J connectivity index is 3.92. The largest absolute Gasteiger partial charge is 0.298 e. The van der Waals surface area contributed by atoms with Crippen molar-refractivity contribution in [3.05, 3.63) is 11.6 Å². The SMILES string of the molecule is CSC(/C=C(/C)C=O)SC. The minimum atomic E-state index is 0.421. The Kier molecular flexibility index (Phi) is 5.93. The number of carbonyl (C=O) groups is 1. The number of hydrogen-bond donors (Lipinski definition) is 0. The van der Waals surface area contributed by atoms with E-state index in [1.807, 2.05) is 25.5 Å². The van der Waals surface area contributed by atoms with Gasteiger partial charge in [0.15, 0.2) is 0 Å². The highest BCUT2D eigenvalue weighted by Crippen LogP contribution is 2.20. The van der Waals surface area contributed by atoms with Gasteiger partial charge in [-0.2, -0.15) is 0 Å². The Morgan fingerprint density at radius 2 is 1.90 bits per heavy atom. The average Bonchev–Trinajstić information content (AvgIpc) is 1.99. The third-order valence-corrected chi connectivity index (χ3v) is 3.41. The smallest absolute Gasteiger partial charge is 0.145 e. The summed E-state index contributed by atoms with van der Waals surface area (Å²) in [5, 5.41) is 0. The van der Waals surface area contributed by atoms with E-state index in [9.17, 15) is 4.79 Å². The number of aldehydes is 1. The Labute approximate surface area is 70.6 Å². The highest BCUT2D eigenvalue weighted by atomic mass is 32.2. The zero-order chi connectivity index (χ0) is 7.98. The van der Waals surface area contributed by atoms with E-state index in [4.69, 9.17) is 0 Å². The quantitative estimate of drug-likeness (QED) is 0.371. The Bertz CT molecular complexity index is 128. The molecule has 0 aromatic rings. The highest BCUT2D eigenvalue weighted by Gasteiger charge is 1.98. The minimum Gasteiger partial charge on any atom is -0.298 e. The molecule has 0 amide bonds. The van der Waals surface area contributed by atoms with Gasteiger partial charge in [-0.15, -0.1) is 23.5 Å². The molecule has 0 heterocycles. The molecule has 0 bridgehead atoms. The molecule has 0 spiro atoms. The van der Waals surface area contributed by atoms with Crippen LogP contribution < -0.4 is 0 Å². The molecule has 0 saturated heterocycles. The van der Waals surface area contributed by atoms with Crippen LogP contribution in [0.5, 0.6) is 0 Å². The van der Waals surface area contributed by atoms with E-state index >= 15 is 0 Å². The Morgan fingerprint density at radius 3 is 2.20 bits per heavy atom. The van der Waals surface area contributed by atoms with Gasteiger partial charge in [-0.1, -0.05) is 6.08 Å². The molecule has 0 aromatic carbocycles. The molecule has 0 radical (unpaired) electrons. The second kappa shape index (κ2) is 5.86. The first-order chi connectivity index (χ1) is 4.74. The average molecular weight is 176 g/mol. The van der Waals surface area contributed by atoms with E-state index in [1.54, 1.807) is 23.5 Å². The van der Waals surface area contributed by atoms with Gasteiger partial charge in [-0.05, 0) is 25.0 Å². The topological polar surface area (TPSA) is 17.1 Å². The van der Waals surface area contributed by atoms with Crippen molar-refractivity contribution < 1.29 is 4.79 Å². The van der Waals surface area contributed by atoms with Crippen molar-refractivity contribution in [1.29, 1.82) is 0 Å². The van der Waals surface area contributed by atoms with Crippen LogP contribution in [0.3, 0.4) is 0 Å². The summed E-state index contributed by atoms with van der Waals surface area (Å²) in [5.74, 6) is 0. The lowest BCUT2D eigenvalue weighted by atomic mass is 10.3. The number of rotatable bonds is 4. The molecule has 0 N–H and O–H groups in total. The highest BCUT2D eigenvalue weighted by molar-refractivity contribution is 8.16. The predicted molar refractivity (Wildman–Crippen MR) is 50.6 cm³/mol. The zero-order valence-electron chi connectivity index (χ0n) is 6.46. The molecule has 0 atom stereocenters. The molecule has 0 unspecified atom stereocenters. The normalized spacial score (nSPS) is 12.2. The van der Waals surface area contributed by atoms with Crippen LogP contribution in [0.4, 0.5) is 0 Å². The monoisotopic (exact) mass is 176 g/mol. The summed E-state index contributed by atoms with van der Waals surface area (Å²) in [6.45, 7) is 1.83. The van der Waals surface area contributed by atoms with Crippen molar-refractivity contribution >= 4 is 29.8 Å². The van der Waals surface area contributed by atoms with E-state index in [0.29, 0.717) is 4.58 Å². The lowest BCUT2D eigenvalue weighted by molar-refractivity contribution is -0.104. The van der Waals surface area contributed by atoms with Gasteiger partial charge < -0.3 is 0 Å². The summed E-state index contributed by atoms with van der Waals surface area (Å²) in [6, 6.07) is 0. The van der Waals surface area contributed by atoms with Crippen LogP contribution in [-0.4, -0.2) is 23.4 Å². The Hall–Kier alpha value is 0.110. The van der Waals surface area contributed by atoms with Gasteiger partial charge in [-0.3, -0.25) is 4.79 Å². The molecule has 0 aliphatic rings. The van der Waals surface area contributed by atoms with Crippen LogP contribution >= 0.6 is 23.5 Å². The second-order valence-corrected chi connectivity index (χ2v) is 4.13. The summed E-state index contributed by atoms with van der Waals surface area (Å²) in [7, 11) is 0. The van der Waals surface area contributed by atoms with E-state index in [2.05, 4.69) is 0 Å². The van der Waals surface area contributed by atoms with Crippen LogP contribution in [0.25, 0.3) is 0 Å². The van der Waals surface area contributed by atoms with Crippen LogP contribution in [-0.2, 0) is 4.79 Å². The van der Waals surface area contributed by atoms with E-state index < -0.39 is 0 Å². The summed E-state index contributed by atoms with van der Waals surface area (Å²) in [4.78, 5) is 10.2. The van der Waals surface area contributed by atoms with Crippen molar-refractivity contribution in [3.63, 3.8) is 0 Å². The van der Waals surface area contributed by atoms with Gasteiger partial charge in [0.05, 0.1) is 4.58 Å². The van der Waals surface area contributed by atoms with Crippen LogP contribution in [0.2, 0.25) is 0 Å². The molecule has 0 aliphatic heterocycles. The predicted octanol–water partition coefficient (Wildman–Crippen LogP) is 2.18. The van der Waals surface area contributed by atoms with Crippen LogP contribution in [0.1, 0.15) is 6.92 Å². The third-order valence-electron chi connectivity index (χ3n) is 1.05. The van der Waals surface area contributed by atoms with E-state index in [-0.39, 0.29) is 0 Å². The first kappa shape index (κ1) is 10.1. The fourth-order valence-electron chi connectivity index (χ4n) is 0.486. The molecule has 1 nitrogen and oxygen atoms in total. The van der Waals surface area contributed by atoms with Crippen molar-refractivity contribution in [2.75, 3.05) is 12.5 Å². The number of allylic oxidation sites excluding steroid dienone is 1. The van der Waals surface area contributed by atoms with Crippen LogP contribution in [0, 0.1) is 0 Å². The standard InChI is InChI=1S/C7H12OS2/c1-6(5-8)4-7(9-2)10-3/h4-5,7H,1-3H3/b6-4-. The van der Waals surface area contributed by atoms with Gasteiger partial charge >= 0.3 is 0 Å². The fourth-order valence-corrected chi connectivity index (χ4v) is 1.96. The molecule has 3 heteroatoms. The maximum absolute atomic E-state index is 10.2. The van der Waals surface area contributed by atoms with Crippen molar-refractivity contribution in [1.82, 2.24) is 0 Å². The number of thioether (sulfide) groups is 2. The van der Waals surface area contributed by atoms with Gasteiger partial charge in [0.25, 0.3) is 0 Å². The summed E-state index contributed by atoms with van der Waals surface area (Å²) >= 11 is 3.48. The molecule has 10 heavy (non-hydrogen) atoms. The molecule has 0 rings (SSSR count). The zero-order valence-corrected chi connectivity index (χ0v) is 8.09. The maximum Gasteiger partial charge on any atom is 0.145 e. The molecule has 0 aliphatic carbocycles. The first-order valence-corrected chi connectivity index (χ1v) is 5.51. The molecular formula is C7H12OS2. The molecule has 58 valence electrons. The summed E-state index contributed by atoms with van der Waals surface area (Å²) in [5.41, 5.74) is 0.814. The van der Waals surface area contributed by atoms with E-state index in [0.717, 1.165) is 11.9 Å². The van der Waals surface area contributed by atoms with E-state index in [1.165, 1.54) is 0 Å². The second-order valence-electron chi connectivity index (χ2n) is 1.87. The van der Waals surface area contributed by atoms with Gasteiger partial charge in [0.2, 0.25) is 0 Å². The lowest BCUT2D eigenvalue weighted by Gasteiger charge is -2.04. The maximum atomic E-state index is 10.2. The third kappa shape index (κ3) is 4.01. The van der Waals surface area contributed by atoms with Crippen molar-refractivity contribution in [3.8, 4) is 0 Å². The van der Waals surface area contributed by atoms with Crippen LogP contribution in [0.15, 0.2) is 11.6 Å². The minimum absolute atomic E-state index is 0.421. The van der Waals surface area contributed by atoms with Crippen molar-refractivity contribution in [2.45, 2.75) is 11.5 Å². The first-order valence-electron chi connectivity index (χ1n) is 2.93. The lowest BCUT2D eigenvalue weighted by Crippen LogP contribution is -1.91. The fraction of sp³-hybridized carbons (Fsp3) is 0.571. The molecule has 0 saturated carbocycles. The molecular weight excluding hydrogens is 164 g/mol. The number of hydrogen-bond acceptors (Lipinski definition) is 3. The molecule has 0 aromatic heterocycles. The Morgan fingerprint density at radius 1 is 1.40 bits per heavy atom. The summed E-state index contributed by atoms with van der Waals surface area (Å²) < 4.78 is 0.421. The summed E-state index contributed by atoms with van der Waals surface area (Å²) in [6.07, 6.45) is 6.94. The number of carbonyl (C=O) groups excluding carboxylic acids is 1. The van der Waals surface area contributed by atoms with Crippen molar-refractivity contribution in [2.24, 2.45) is 0 Å². The molecule has 0 fully saturated rings.